The van der Waals surface area contributed by atoms with Crippen LogP contribution in [0.4, 0.5) is 5.69 Å². The van der Waals surface area contributed by atoms with Crippen LogP contribution in [0.25, 0.3) is 0 Å². The molecule has 1 amide bonds. The highest BCUT2D eigenvalue weighted by molar-refractivity contribution is 6.33. The van der Waals surface area contributed by atoms with E-state index in [-0.39, 0.29) is 11.9 Å². The lowest BCUT2D eigenvalue weighted by Crippen LogP contribution is -3.14. The number of hydrogen-bond donors (Lipinski definition) is 2. The number of para-hydroxylation sites is 1. The summed E-state index contributed by atoms with van der Waals surface area (Å²) in [6, 6.07) is 12.9. The fraction of sp³-hybridized carbons (Fsp3) is 0.350. The maximum atomic E-state index is 12.5. The van der Waals surface area contributed by atoms with Crippen LogP contribution in [0.5, 0.6) is 11.5 Å². The molecule has 0 aromatic heterocycles. The molecule has 2 atom stereocenters. The molecule has 2 aromatic rings. The molecule has 0 spiro atoms. The summed E-state index contributed by atoms with van der Waals surface area (Å²) < 4.78 is 10.6. The van der Waals surface area contributed by atoms with Gasteiger partial charge in [0.2, 0.25) is 0 Å². The molecule has 0 radical (unpaired) electrons. The van der Waals surface area contributed by atoms with E-state index in [2.05, 4.69) is 5.32 Å². The molecule has 26 heavy (non-hydrogen) atoms. The largest absolute Gasteiger partial charge is 0.493 e. The zero-order valence-corrected chi connectivity index (χ0v) is 16.4. The van der Waals surface area contributed by atoms with E-state index in [1.54, 1.807) is 26.4 Å². The highest BCUT2D eigenvalue weighted by atomic mass is 35.5. The number of quaternary nitrogens is 1. The summed E-state index contributed by atoms with van der Waals surface area (Å²) in [6.07, 6.45) is 0.829. The van der Waals surface area contributed by atoms with Crippen molar-refractivity contribution < 1.29 is 19.2 Å². The lowest BCUT2D eigenvalue weighted by Gasteiger charge is -2.21. The molecule has 6 heteroatoms. The van der Waals surface area contributed by atoms with Crippen LogP contribution >= 0.6 is 11.6 Å². The number of amides is 1. The number of anilines is 1. The summed E-state index contributed by atoms with van der Waals surface area (Å²) in [7, 11) is 5.26. The molecule has 0 aliphatic carbocycles. The molecule has 140 valence electrons. The van der Waals surface area contributed by atoms with Crippen molar-refractivity contribution in [3.8, 4) is 11.5 Å². The van der Waals surface area contributed by atoms with E-state index in [4.69, 9.17) is 21.1 Å². The van der Waals surface area contributed by atoms with E-state index in [9.17, 15) is 4.79 Å². The van der Waals surface area contributed by atoms with E-state index < -0.39 is 0 Å². The van der Waals surface area contributed by atoms with Gasteiger partial charge in [-0.25, -0.2) is 0 Å². The van der Waals surface area contributed by atoms with Gasteiger partial charge in [0.15, 0.2) is 17.5 Å². The zero-order chi connectivity index (χ0) is 19.1. The Hall–Kier alpha value is -2.24. The maximum absolute atomic E-state index is 12.5. The monoisotopic (exact) mass is 377 g/mol. The number of methoxy groups -OCH3 is 2. The topological polar surface area (TPSA) is 52.0 Å². The first-order chi connectivity index (χ1) is 12.5. The first-order valence-corrected chi connectivity index (χ1v) is 8.92. The molecule has 1 unspecified atom stereocenters. The molecule has 0 fully saturated rings. The summed E-state index contributed by atoms with van der Waals surface area (Å²) in [6.45, 7) is 2.72. The number of rotatable bonds is 8. The standard InChI is InChI=1S/C20H25ClN2O3/c1-14(20(24)22-17-8-6-5-7-16(17)21)23(2)12-11-15-9-10-18(25-3)19(13-15)26-4/h5-10,13-14H,11-12H2,1-4H3,(H,22,24)/p+1/t14-/m0/s1. The number of carbonyl (C=O) groups excluding carboxylic acids is 1. The van der Waals surface area contributed by atoms with Gasteiger partial charge in [-0.05, 0) is 36.8 Å². The third-order valence-electron chi connectivity index (χ3n) is 4.52. The lowest BCUT2D eigenvalue weighted by molar-refractivity contribution is -0.893. The quantitative estimate of drug-likeness (QED) is 0.743. The molecule has 2 aromatic carbocycles. The third kappa shape index (κ3) is 5.13. The van der Waals surface area contributed by atoms with Gasteiger partial charge in [0.1, 0.15) is 0 Å². The average molecular weight is 378 g/mol. The van der Waals surface area contributed by atoms with E-state index in [0.29, 0.717) is 22.2 Å². The Morgan fingerprint density at radius 3 is 2.50 bits per heavy atom. The number of nitrogens with one attached hydrogen (secondary N) is 2. The maximum Gasteiger partial charge on any atom is 0.282 e. The first-order valence-electron chi connectivity index (χ1n) is 8.55. The van der Waals surface area contributed by atoms with Gasteiger partial charge in [0.05, 0.1) is 38.5 Å². The van der Waals surface area contributed by atoms with Gasteiger partial charge in [-0.15, -0.1) is 0 Å². The third-order valence-corrected chi connectivity index (χ3v) is 4.85. The van der Waals surface area contributed by atoms with Gasteiger partial charge < -0.3 is 19.7 Å². The fourth-order valence-electron chi connectivity index (χ4n) is 2.62. The van der Waals surface area contributed by atoms with Gasteiger partial charge in [0, 0.05) is 6.42 Å². The van der Waals surface area contributed by atoms with Gasteiger partial charge in [-0.2, -0.15) is 0 Å². The fourth-order valence-corrected chi connectivity index (χ4v) is 2.80. The van der Waals surface area contributed by atoms with Crippen molar-refractivity contribution in [2.24, 2.45) is 0 Å². The van der Waals surface area contributed by atoms with Crippen molar-refractivity contribution in [2.45, 2.75) is 19.4 Å². The van der Waals surface area contributed by atoms with E-state index in [0.717, 1.165) is 23.4 Å². The van der Waals surface area contributed by atoms with Crippen molar-refractivity contribution in [1.29, 1.82) is 0 Å². The molecular weight excluding hydrogens is 352 g/mol. The van der Waals surface area contributed by atoms with Crippen molar-refractivity contribution in [3.63, 3.8) is 0 Å². The second-order valence-corrected chi connectivity index (χ2v) is 6.63. The summed E-state index contributed by atoms with van der Waals surface area (Å²) in [5.41, 5.74) is 1.78. The van der Waals surface area contributed by atoms with Crippen LogP contribution in [0.15, 0.2) is 42.5 Å². The molecule has 2 rings (SSSR count). The summed E-state index contributed by atoms with van der Waals surface area (Å²) in [5.74, 6) is 1.37. The SMILES string of the molecule is COc1ccc(CC[NH+](C)[C@@H](C)C(=O)Nc2ccccc2Cl)cc1OC. The van der Waals surface area contributed by atoms with Gasteiger partial charge in [-0.3, -0.25) is 4.79 Å². The predicted octanol–water partition coefficient (Wildman–Crippen LogP) is 2.44. The summed E-state index contributed by atoms with van der Waals surface area (Å²) >= 11 is 6.10. The van der Waals surface area contributed by atoms with Crippen LogP contribution in [0, 0.1) is 0 Å². The predicted molar refractivity (Wildman–Crippen MR) is 105 cm³/mol. The van der Waals surface area contributed by atoms with Gasteiger partial charge >= 0.3 is 0 Å². The van der Waals surface area contributed by atoms with Crippen molar-refractivity contribution >= 4 is 23.2 Å². The highest BCUT2D eigenvalue weighted by Gasteiger charge is 2.22. The minimum Gasteiger partial charge on any atom is -0.493 e. The van der Waals surface area contributed by atoms with Crippen molar-refractivity contribution in [2.75, 3.05) is 33.1 Å². The summed E-state index contributed by atoms with van der Waals surface area (Å²) in [5, 5.41) is 3.43. The second kappa shape index (κ2) is 9.46. The van der Waals surface area contributed by atoms with E-state index in [1.807, 2.05) is 44.3 Å². The Balaban J connectivity index is 1.93. The Bertz CT molecular complexity index is 752. The summed E-state index contributed by atoms with van der Waals surface area (Å²) in [4.78, 5) is 13.6. The molecule has 0 heterocycles. The molecule has 0 aliphatic heterocycles. The van der Waals surface area contributed by atoms with Crippen LogP contribution in [-0.4, -0.2) is 39.8 Å². The number of carbonyl (C=O) groups is 1. The number of ether oxygens (including phenoxy) is 2. The molecule has 0 aliphatic rings. The van der Waals surface area contributed by atoms with Crippen molar-refractivity contribution in [1.82, 2.24) is 0 Å². The Morgan fingerprint density at radius 1 is 1.15 bits per heavy atom. The molecule has 0 bridgehead atoms. The Kier molecular flexibility index (Phi) is 7.30. The van der Waals surface area contributed by atoms with Crippen molar-refractivity contribution in [3.05, 3.63) is 53.1 Å². The number of likely N-dealkylation sites (N-methyl/N-ethyl adjacent to an activating group) is 1. The lowest BCUT2D eigenvalue weighted by atomic mass is 10.1. The van der Waals surface area contributed by atoms with Crippen LogP contribution in [0.2, 0.25) is 5.02 Å². The van der Waals surface area contributed by atoms with E-state index >= 15 is 0 Å². The Morgan fingerprint density at radius 2 is 1.85 bits per heavy atom. The number of benzene rings is 2. The molecule has 0 saturated carbocycles. The molecule has 5 nitrogen and oxygen atoms in total. The van der Waals surface area contributed by atoms with Gasteiger partial charge in [-0.1, -0.05) is 29.8 Å². The van der Waals surface area contributed by atoms with Crippen LogP contribution < -0.4 is 19.7 Å². The average Bonchev–Trinajstić information content (AvgIpc) is 2.66. The van der Waals surface area contributed by atoms with Crippen LogP contribution in [0.3, 0.4) is 0 Å². The normalized spacial score (nSPS) is 13.0. The zero-order valence-electron chi connectivity index (χ0n) is 15.6. The minimum atomic E-state index is -0.202. The second-order valence-electron chi connectivity index (χ2n) is 6.23. The molecule has 0 saturated heterocycles. The smallest absolute Gasteiger partial charge is 0.282 e. The van der Waals surface area contributed by atoms with Crippen LogP contribution in [0.1, 0.15) is 12.5 Å². The minimum absolute atomic E-state index is 0.0529. The first kappa shape index (κ1) is 20.1. The van der Waals surface area contributed by atoms with Gasteiger partial charge in [0.25, 0.3) is 5.91 Å². The molecular formula is C20H26ClN2O3+. The Labute approximate surface area is 159 Å². The van der Waals surface area contributed by atoms with Crippen LogP contribution in [-0.2, 0) is 11.2 Å². The highest BCUT2D eigenvalue weighted by Crippen LogP contribution is 2.27. The van der Waals surface area contributed by atoms with E-state index in [1.165, 1.54) is 0 Å². The molecule has 2 N–H and O–H groups in total. The number of hydrogen-bond acceptors (Lipinski definition) is 3. The number of halogens is 1.